The van der Waals surface area contributed by atoms with Gasteiger partial charge in [0.25, 0.3) is 0 Å². The van der Waals surface area contributed by atoms with Crippen LogP contribution in [0.25, 0.3) is 0 Å². The molecule has 0 amide bonds. The van der Waals surface area contributed by atoms with Gasteiger partial charge in [-0.05, 0) is 19.4 Å². The van der Waals surface area contributed by atoms with Gasteiger partial charge in [0.1, 0.15) is 0 Å². The van der Waals surface area contributed by atoms with Gasteiger partial charge in [-0.15, -0.1) is 0 Å². The van der Waals surface area contributed by atoms with Crippen LogP contribution in [0.2, 0.25) is 0 Å². The zero-order valence-corrected chi connectivity index (χ0v) is 15.8. The van der Waals surface area contributed by atoms with E-state index in [1.54, 1.807) is 0 Å². The molecule has 2 nitrogen and oxygen atoms in total. The van der Waals surface area contributed by atoms with E-state index in [9.17, 15) is 67.0 Å². The van der Waals surface area contributed by atoms with Gasteiger partial charge < -0.3 is 5.11 Å². The fraction of sp³-hybridized carbons (Fsp3) is 0.588. The molecule has 0 saturated carbocycles. The molecule has 0 fully saturated rings. The molecule has 0 aliphatic heterocycles. The van der Waals surface area contributed by atoms with Crippen LogP contribution in [0, 0.1) is 0 Å². The minimum atomic E-state index is -8.00. The monoisotopic (exact) mass is 496 g/mol. The molecule has 1 unspecified atom stereocenters. The first kappa shape index (κ1) is 28.0. The quantitative estimate of drug-likeness (QED) is 0.343. The number of halogens is 13. The average Bonchev–Trinajstić information content (AvgIpc) is 2.59. The maximum absolute atomic E-state index is 14.0. The summed E-state index contributed by atoms with van der Waals surface area (Å²) in [6.07, 6.45) is -10.3. The maximum atomic E-state index is 14.0. The predicted octanol–water partition coefficient (Wildman–Crippen LogP) is 6.23. The maximum Gasteiger partial charge on any atom is 0.460 e. The fourth-order valence-electron chi connectivity index (χ4n) is 2.51. The molecule has 1 rings (SSSR count). The lowest BCUT2D eigenvalue weighted by atomic mass is 9.84. The van der Waals surface area contributed by atoms with Crippen molar-refractivity contribution < 1.29 is 67.0 Å². The largest absolute Gasteiger partial charge is 0.460 e. The Hall–Kier alpha value is -2.06. The molecule has 0 aromatic heterocycles. The van der Waals surface area contributed by atoms with E-state index in [2.05, 4.69) is 0 Å². The number of alkyl halides is 13. The topological polar surface area (TPSA) is 37.3 Å². The molecule has 1 aromatic carbocycles. The third-order valence-electron chi connectivity index (χ3n) is 4.48. The molecule has 184 valence electrons. The highest BCUT2D eigenvalue weighted by Crippen LogP contribution is 2.61. The summed E-state index contributed by atoms with van der Waals surface area (Å²) in [6.45, 7) is 1.39. The van der Waals surface area contributed by atoms with Crippen LogP contribution in [0.15, 0.2) is 24.3 Å². The first-order valence-corrected chi connectivity index (χ1v) is 8.16. The number of ketones is 1. The van der Waals surface area contributed by atoms with E-state index in [1.807, 2.05) is 0 Å². The number of aliphatic hydroxyl groups is 1. The summed E-state index contributed by atoms with van der Waals surface area (Å²) < 4.78 is 171. The number of carbonyl (C=O) groups excluding carboxylic acids is 1. The van der Waals surface area contributed by atoms with E-state index < -0.39 is 59.2 Å². The third-order valence-corrected chi connectivity index (χ3v) is 4.48. The average molecular weight is 496 g/mol. The molecule has 1 aromatic rings. The Balaban J connectivity index is 3.42. The molecule has 0 bridgehead atoms. The van der Waals surface area contributed by atoms with Gasteiger partial charge in [0.05, 0.1) is 12.0 Å². The molecule has 0 heterocycles. The fourth-order valence-corrected chi connectivity index (χ4v) is 2.51. The van der Waals surface area contributed by atoms with E-state index in [1.165, 1.54) is 0 Å². The van der Waals surface area contributed by atoms with Crippen molar-refractivity contribution in [1.29, 1.82) is 0 Å². The van der Waals surface area contributed by atoms with Crippen LogP contribution < -0.4 is 0 Å². The number of Topliss-reactive ketones (excluding diaryl/α,β-unsaturated/α-hetero) is 1. The molecule has 0 saturated heterocycles. The van der Waals surface area contributed by atoms with Gasteiger partial charge in [0.15, 0.2) is 5.78 Å². The second-order valence-corrected chi connectivity index (χ2v) is 7.08. The molecule has 1 N–H and O–H groups in total. The zero-order valence-electron chi connectivity index (χ0n) is 15.8. The lowest BCUT2D eigenvalue weighted by Gasteiger charge is -2.41. The van der Waals surface area contributed by atoms with E-state index >= 15 is 0 Å². The molecule has 0 spiro atoms. The van der Waals surface area contributed by atoms with Gasteiger partial charge in [-0.2, -0.15) is 57.1 Å². The first-order valence-electron chi connectivity index (χ1n) is 8.16. The summed E-state index contributed by atoms with van der Waals surface area (Å²) in [7, 11) is 0. The molecule has 0 aliphatic rings. The minimum Gasteiger partial charge on any atom is -0.385 e. The zero-order chi connectivity index (χ0) is 25.8. The number of rotatable bonds is 8. The summed E-state index contributed by atoms with van der Waals surface area (Å²) in [4.78, 5) is 11.1. The number of carbonyl (C=O) groups is 1. The Morgan fingerprint density at radius 2 is 1.09 bits per heavy atom. The molecular formula is C17H13F13O2. The van der Waals surface area contributed by atoms with Gasteiger partial charge in [-0.1, -0.05) is 24.3 Å². The van der Waals surface area contributed by atoms with Crippen molar-refractivity contribution in [3.63, 3.8) is 0 Å². The van der Waals surface area contributed by atoms with Gasteiger partial charge in [-0.3, -0.25) is 4.79 Å². The standard InChI is InChI=1S/C17H13F13O2/c1-8(31)9-3-5-10(6-4-9)11(2,32)7-12(18,19)13(20,21)14(22,23)15(24,25)16(26,27)17(28,29)30/h3-6,32H,7H2,1-2H3. The van der Waals surface area contributed by atoms with Gasteiger partial charge in [0, 0.05) is 5.56 Å². The summed E-state index contributed by atoms with van der Waals surface area (Å²) in [5.74, 6) is -38.2. The summed E-state index contributed by atoms with van der Waals surface area (Å²) in [5, 5.41) is 10.0. The highest BCUT2D eigenvalue weighted by molar-refractivity contribution is 5.94. The van der Waals surface area contributed by atoms with Crippen molar-refractivity contribution >= 4 is 5.78 Å². The highest BCUT2D eigenvalue weighted by atomic mass is 19.4. The van der Waals surface area contributed by atoms with Crippen LogP contribution >= 0.6 is 0 Å². The smallest absolute Gasteiger partial charge is 0.385 e. The minimum absolute atomic E-state index is 0.0674. The van der Waals surface area contributed by atoms with Crippen molar-refractivity contribution in [2.24, 2.45) is 0 Å². The molecule has 32 heavy (non-hydrogen) atoms. The van der Waals surface area contributed by atoms with Gasteiger partial charge in [-0.25, -0.2) is 0 Å². The van der Waals surface area contributed by atoms with Crippen LogP contribution in [0.1, 0.15) is 36.2 Å². The van der Waals surface area contributed by atoms with Gasteiger partial charge in [0.2, 0.25) is 0 Å². The van der Waals surface area contributed by atoms with E-state index in [4.69, 9.17) is 0 Å². The van der Waals surface area contributed by atoms with E-state index in [0.717, 1.165) is 31.2 Å². The Labute approximate surface area is 171 Å². The lowest BCUT2D eigenvalue weighted by Crippen LogP contribution is -2.70. The van der Waals surface area contributed by atoms with Crippen LogP contribution in [0.4, 0.5) is 57.1 Å². The van der Waals surface area contributed by atoms with Crippen LogP contribution in [-0.2, 0) is 5.60 Å². The SMILES string of the molecule is CC(=O)c1ccc(C(C)(O)CC(F)(F)C(F)(F)C(F)(F)C(F)(F)C(F)(F)C(F)(F)F)cc1. The normalized spacial score (nSPS) is 16.6. The van der Waals surface area contributed by atoms with Crippen LogP contribution in [0.3, 0.4) is 0 Å². The Bertz CT molecular complexity index is 839. The van der Waals surface area contributed by atoms with E-state index in [0.29, 0.717) is 6.92 Å². The van der Waals surface area contributed by atoms with Crippen molar-refractivity contribution in [3.8, 4) is 0 Å². The number of benzene rings is 1. The summed E-state index contributed by atoms with van der Waals surface area (Å²) in [6, 6.07) is 3.23. The molecule has 15 heteroatoms. The highest BCUT2D eigenvalue weighted by Gasteiger charge is 2.90. The number of hydrogen-bond donors (Lipinski definition) is 1. The Morgan fingerprint density at radius 1 is 0.719 bits per heavy atom. The van der Waals surface area contributed by atoms with Crippen molar-refractivity contribution in [1.82, 2.24) is 0 Å². The lowest BCUT2D eigenvalue weighted by molar-refractivity contribution is -0.441. The van der Waals surface area contributed by atoms with Crippen LogP contribution in [0.5, 0.6) is 0 Å². The second-order valence-electron chi connectivity index (χ2n) is 7.08. The Morgan fingerprint density at radius 3 is 1.44 bits per heavy atom. The van der Waals surface area contributed by atoms with E-state index in [-0.39, 0.29) is 5.56 Å². The third kappa shape index (κ3) is 4.27. The summed E-state index contributed by atoms with van der Waals surface area (Å²) >= 11 is 0. The first-order chi connectivity index (χ1) is 13.9. The van der Waals surface area contributed by atoms with Crippen molar-refractivity contribution in [3.05, 3.63) is 35.4 Å². The Kier molecular flexibility index (Phi) is 6.79. The number of hydrogen-bond acceptors (Lipinski definition) is 2. The molecule has 0 radical (unpaired) electrons. The molecule has 1 atom stereocenters. The summed E-state index contributed by atoms with van der Waals surface area (Å²) in [5.41, 5.74) is -3.99. The van der Waals surface area contributed by atoms with Crippen LogP contribution in [-0.4, -0.2) is 46.7 Å². The predicted molar refractivity (Wildman–Crippen MR) is 81.4 cm³/mol. The van der Waals surface area contributed by atoms with Crippen molar-refractivity contribution in [2.75, 3.05) is 0 Å². The molecule has 0 aliphatic carbocycles. The van der Waals surface area contributed by atoms with Crippen molar-refractivity contribution in [2.45, 2.75) is 61.7 Å². The van der Waals surface area contributed by atoms with Gasteiger partial charge >= 0.3 is 35.8 Å². The molecular weight excluding hydrogens is 483 g/mol. The second kappa shape index (κ2) is 7.76.